The Bertz CT molecular complexity index is 2720. The van der Waals surface area contributed by atoms with Gasteiger partial charge >= 0.3 is 35.8 Å². The molecule has 0 bridgehead atoms. The minimum Gasteiger partial charge on any atom is -0.465 e. The smallest absolute Gasteiger partial charge is 0.337 e. The third-order valence-electron chi connectivity index (χ3n) is 11.2. The number of carbonyl (C=O) groups excluding carboxylic acids is 7. The Balaban J connectivity index is -0.000000255. The second-order valence-corrected chi connectivity index (χ2v) is 20.1. The maximum atomic E-state index is 11.3. The minimum absolute atomic E-state index is 0.117. The maximum absolute atomic E-state index is 11.3. The first-order valence-electron chi connectivity index (χ1n) is 33.3. The quantitative estimate of drug-likeness (QED) is 0.0191. The van der Waals surface area contributed by atoms with Gasteiger partial charge in [0.15, 0.2) is 18.9 Å². The largest absolute Gasteiger partial charge is 0.465 e. The molecule has 0 aliphatic heterocycles. The van der Waals surface area contributed by atoms with Gasteiger partial charge < -0.3 is 56.8 Å². The van der Waals surface area contributed by atoms with Crippen LogP contribution in [0.3, 0.4) is 0 Å². The fourth-order valence-corrected chi connectivity index (χ4v) is 7.43. The van der Waals surface area contributed by atoms with Gasteiger partial charge in [-0.15, -0.1) is 0 Å². The number of rotatable bonds is 23. The predicted molar refractivity (Wildman–Crippen MR) is 399 cm³/mol. The van der Waals surface area contributed by atoms with Crippen molar-refractivity contribution in [2.75, 3.05) is 82.3 Å². The first kappa shape index (κ1) is 99.2. The molecule has 0 atom stereocenters. The van der Waals surface area contributed by atoms with Gasteiger partial charge in [0.25, 0.3) is 0 Å². The molecular weight excluding hydrogens is 1390 g/mol. The van der Waals surface area contributed by atoms with Crippen LogP contribution >= 0.6 is 31.9 Å². The van der Waals surface area contributed by atoms with Crippen LogP contribution in [0, 0.1) is 6.92 Å². The zero-order chi connectivity index (χ0) is 77.1. The van der Waals surface area contributed by atoms with E-state index in [0.717, 1.165) is 34.1 Å². The second kappa shape index (κ2) is 68.1. The minimum atomic E-state index is -0.396. The number of hydrogen-bond donors (Lipinski definition) is 0. The van der Waals surface area contributed by atoms with Crippen molar-refractivity contribution in [1.29, 1.82) is 0 Å². The van der Waals surface area contributed by atoms with E-state index < -0.39 is 5.97 Å². The zero-order valence-corrected chi connectivity index (χ0v) is 65.7. The molecule has 6 aromatic rings. The fraction of sp³-hybridized carbons (Fsp3) is 0.442. The van der Waals surface area contributed by atoms with Gasteiger partial charge in [-0.1, -0.05) is 187 Å². The van der Waals surface area contributed by atoms with Crippen LogP contribution in [0.25, 0.3) is 0 Å². The molecular formula is C77H114Br2O19. The molecule has 98 heavy (non-hydrogen) atoms. The topological polar surface area (TPSA) is 230 Å². The van der Waals surface area contributed by atoms with E-state index in [1.165, 1.54) is 50.1 Å². The van der Waals surface area contributed by atoms with E-state index in [0.29, 0.717) is 78.6 Å². The van der Waals surface area contributed by atoms with Crippen LogP contribution in [0.5, 0.6) is 0 Å². The normalized spacial score (nSPS) is 9.39. The van der Waals surface area contributed by atoms with Crippen molar-refractivity contribution in [1.82, 2.24) is 0 Å². The van der Waals surface area contributed by atoms with Crippen LogP contribution < -0.4 is 0 Å². The fourth-order valence-electron chi connectivity index (χ4n) is 6.82. The lowest BCUT2D eigenvalue weighted by molar-refractivity contribution is -0.140. The van der Waals surface area contributed by atoms with Gasteiger partial charge in [-0.3, -0.25) is 4.79 Å². The van der Waals surface area contributed by atoms with E-state index in [-0.39, 0.29) is 52.5 Å². The molecule has 0 aliphatic carbocycles. The van der Waals surface area contributed by atoms with Crippen LogP contribution in [0.1, 0.15) is 242 Å². The van der Waals surface area contributed by atoms with E-state index in [1.807, 2.05) is 178 Å². The summed E-state index contributed by atoms with van der Waals surface area (Å²) >= 11 is 6.72. The Kier molecular flexibility index (Phi) is 68.9. The lowest BCUT2D eigenvalue weighted by Gasteiger charge is -2.17. The molecule has 0 spiro atoms. The Morgan fingerprint density at radius 3 is 0.643 bits per heavy atom. The highest BCUT2D eigenvalue weighted by Gasteiger charge is 2.16. The summed E-state index contributed by atoms with van der Waals surface area (Å²) in [5.74, 6) is -2.03. The van der Waals surface area contributed by atoms with Gasteiger partial charge in [0, 0.05) is 63.3 Å². The molecule has 0 radical (unpaired) electrons. The summed E-state index contributed by atoms with van der Waals surface area (Å²) in [7, 11) is 9.39. The molecule has 0 aliphatic rings. The average Bonchev–Trinajstić information content (AvgIpc) is 0.974. The summed E-state index contributed by atoms with van der Waals surface area (Å²) in [6.07, 6.45) is -0.411. The van der Waals surface area contributed by atoms with Crippen molar-refractivity contribution in [2.45, 2.75) is 148 Å². The summed E-state index contributed by atoms with van der Waals surface area (Å²) in [4.78, 5) is 76.9. The summed E-state index contributed by atoms with van der Waals surface area (Å²) in [6, 6.07) is 41.7. The number of aryl methyl sites for hydroxylation is 1. The first-order valence-corrected chi connectivity index (χ1v) is 34.2. The van der Waals surface area contributed by atoms with Gasteiger partial charge in [0.1, 0.15) is 6.29 Å². The van der Waals surface area contributed by atoms with Crippen LogP contribution in [0.2, 0.25) is 0 Å². The van der Waals surface area contributed by atoms with Crippen molar-refractivity contribution in [3.05, 3.63) is 212 Å². The number of hydrogen-bond acceptors (Lipinski definition) is 19. The molecule has 550 valence electrons. The van der Waals surface area contributed by atoms with Crippen molar-refractivity contribution in [3.63, 3.8) is 0 Å². The van der Waals surface area contributed by atoms with E-state index in [4.69, 9.17) is 29.8 Å². The van der Waals surface area contributed by atoms with Crippen LogP contribution in [-0.2, 0) is 56.8 Å². The van der Waals surface area contributed by atoms with Gasteiger partial charge in [-0.25, -0.2) is 28.8 Å². The van der Waals surface area contributed by atoms with E-state index in [9.17, 15) is 33.6 Å². The molecule has 0 amide bonds. The van der Waals surface area contributed by atoms with Gasteiger partial charge in [-0.05, 0) is 127 Å². The Morgan fingerprint density at radius 2 is 0.490 bits per heavy atom. The number of carbonyl (C=O) groups is 7. The van der Waals surface area contributed by atoms with Crippen molar-refractivity contribution >= 4 is 74.0 Å². The molecule has 6 aromatic carbocycles. The van der Waals surface area contributed by atoms with Gasteiger partial charge in [0.05, 0.1) is 79.8 Å². The molecule has 0 saturated carbocycles. The van der Waals surface area contributed by atoms with E-state index in [1.54, 1.807) is 84.9 Å². The van der Waals surface area contributed by atoms with Crippen LogP contribution in [-0.4, -0.2) is 124 Å². The molecule has 0 unspecified atom stereocenters. The molecule has 0 aromatic heterocycles. The van der Waals surface area contributed by atoms with Crippen molar-refractivity contribution in [2.24, 2.45) is 0 Å². The number of alkyl halides is 2. The molecule has 21 heteroatoms. The summed E-state index contributed by atoms with van der Waals surface area (Å²) < 4.78 is 66.1. The Morgan fingerprint density at radius 1 is 0.327 bits per heavy atom. The SMILES string of the molecule is CC.CC.CC.CC.CC.CCOC(OCC)c1ccc(C(=O)OC)cc1.CCOC(OCC)c1ccc(C(=O)OC)cc1.CCOC(OCC)c1ccc(C(=O)OC)cc1.COC(=O)c1ccc(C(Br)Br)cc1.COC(=O)c1ccc(C)cc1.COC(=O)c1ccc(C=O)cc1.[2H]C. The van der Waals surface area contributed by atoms with Gasteiger partial charge in [-0.2, -0.15) is 0 Å². The number of halogens is 2. The maximum Gasteiger partial charge on any atom is 0.337 e. The second-order valence-electron chi connectivity index (χ2n) is 17.1. The number of methoxy groups -OCH3 is 6. The molecule has 6 rings (SSSR count). The molecule has 0 heterocycles. The summed E-state index contributed by atoms with van der Waals surface area (Å²) in [5, 5.41) is 0. The lowest BCUT2D eigenvalue weighted by atomic mass is 10.1. The monoisotopic (exact) mass is 1500 g/mol. The number of ether oxygens (including phenoxy) is 12. The van der Waals surface area contributed by atoms with Crippen LogP contribution in [0.4, 0.5) is 0 Å². The highest BCUT2D eigenvalue weighted by Crippen LogP contribution is 2.29. The number of esters is 6. The van der Waals surface area contributed by atoms with E-state index >= 15 is 0 Å². The van der Waals surface area contributed by atoms with Gasteiger partial charge in [0.2, 0.25) is 0 Å². The third kappa shape index (κ3) is 43.7. The molecule has 0 saturated heterocycles. The van der Waals surface area contributed by atoms with Crippen molar-refractivity contribution < 1.29 is 91.8 Å². The molecule has 19 nitrogen and oxygen atoms in total. The zero-order valence-electron chi connectivity index (χ0n) is 63.5. The third-order valence-corrected chi connectivity index (χ3v) is 12.3. The first-order chi connectivity index (χ1) is 47.8. The Labute approximate surface area is 604 Å². The average molecular weight is 1500 g/mol. The van der Waals surface area contributed by atoms with Crippen molar-refractivity contribution in [3.8, 4) is 0 Å². The lowest BCUT2D eigenvalue weighted by Crippen LogP contribution is -2.09. The predicted octanol–water partition coefficient (Wildman–Crippen LogP) is 19.7. The molecule has 0 N–H and O–H groups in total. The number of aldehydes is 1. The number of benzene rings is 6. The van der Waals surface area contributed by atoms with E-state index in [2.05, 4.69) is 60.3 Å². The Hall–Kier alpha value is -7.47. The summed E-state index contributed by atoms with van der Waals surface area (Å²) in [5.41, 5.74) is 8.57. The highest BCUT2D eigenvalue weighted by atomic mass is 79.9. The molecule has 0 fully saturated rings. The standard InChI is InChI=1S/3C13H18O4.C9H8Br2O2.C9H8O3.C9H10O2.5C2H6.CH4/c3*1-4-16-13(17-5-2)11-8-6-10(7-9-11)12(14)15-3;1-13-9(12)7-4-2-6(3-5-7)8(10)11;1-12-9(11)8-4-2-7(6-10)3-5-8;1-7-3-5-8(6-4-7)9(10)11-2;5*1-2;/h3*6-9,13H,4-5H2,1-3H3;2-5,8H,1H3;2-6H,1H3;3-6H,1-2H3;5*1-2H3;1H4/i;;;;;;;;;;;1D. The highest BCUT2D eigenvalue weighted by molar-refractivity contribution is 9.24. The summed E-state index contributed by atoms with van der Waals surface area (Å²) in [6.45, 7) is 36.9. The van der Waals surface area contributed by atoms with Crippen LogP contribution in [0.15, 0.2) is 146 Å².